The van der Waals surface area contributed by atoms with Crippen molar-refractivity contribution >= 4 is 21.4 Å². The van der Waals surface area contributed by atoms with Crippen molar-refractivity contribution in [1.29, 1.82) is 0 Å². The van der Waals surface area contributed by atoms with Crippen molar-refractivity contribution < 1.29 is 0 Å². The third-order valence-corrected chi connectivity index (χ3v) is 4.27. The highest BCUT2D eigenvalue weighted by atomic mass is 32.1. The van der Waals surface area contributed by atoms with E-state index < -0.39 is 0 Å². The van der Waals surface area contributed by atoms with Gasteiger partial charge in [0.05, 0.1) is 0 Å². The Bertz CT molecular complexity index is 479. The maximum absolute atomic E-state index is 2.35. The van der Waals surface area contributed by atoms with Crippen LogP contribution in [-0.2, 0) is 19.3 Å². The molecule has 1 heterocycles. The SMILES string of the molecule is CCc1ccc2scc3c2c1CCC3. The van der Waals surface area contributed by atoms with Gasteiger partial charge in [0.2, 0.25) is 0 Å². The van der Waals surface area contributed by atoms with Crippen molar-refractivity contribution in [2.24, 2.45) is 0 Å². The monoisotopic (exact) mass is 202 g/mol. The molecule has 0 nitrogen and oxygen atoms in total. The minimum Gasteiger partial charge on any atom is -0.144 e. The summed E-state index contributed by atoms with van der Waals surface area (Å²) in [5, 5.41) is 3.95. The van der Waals surface area contributed by atoms with E-state index in [-0.39, 0.29) is 0 Å². The van der Waals surface area contributed by atoms with E-state index in [4.69, 9.17) is 0 Å². The van der Waals surface area contributed by atoms with Gasteiger partial charge in [-0.15, -0.1) is 11.3 Å². The first-order chi connectivity index (χ1) is 6.90. The third-order valence-electron chi connectivity index (χ3n) is 3.27. The van der Waals surface area contributed by atoms with E-state index in [1.165, 1.54) is 30.4 Å². The number of hydrogen-bond acceptors (Lipinski definition) is 1. The van der Waals surface area contributed by atoms with Crippen LogP contribution in [-0.4, -0.2) is 0 Å². The van der Waals surface area contributed by atoms with E-state index in [0.717, 1.165) is 0 Å². The molecule has 0 fully saturated rings. The van der Waals surface area contributed by atoms with Crippen molar-refractivity contribution in [3.63, 3.8) is 0 Å². The molecular weight excluding hydrogens is 188 g/mol. The molecule has 1 heteroatoms. The van der Waals surface area contributed by atoms with E-state index in [1.807, 2.05) is 11.3 Å². The Morgan fingerprint density at radius 1 is 1.29 bits per heavy atom. The summed E-state index contributed by atoms with van der Waals surface area (Å²) in [5.41, 5.74) is 4.81. The van der Waals surface area contributed by atoms with Crippen LogP contribution in [0.25, 0.3) is 10.1 Å². The molecule has 3 rings (SSSR count). The van der Waals surface area contributed by atoms with Gasteiger partial charge in [-0.25, -0.2) is 0 Å². The molecule has 1 aliphatic carbocycles. The molecule has 1 aromatic heterocycles. The number of rotatable bonds is 1. The quantitative estimate of drug-likeness (QED) is 0.656. The van der Waals surface area contributed by atoms with Crippen molar-refractivity contribution in [3.05, 3.63) is 34.2 Å². The van der Waals surface area contributed by atoms with Gasteiger partial charge in [-0.05, 0) is 59.2 Å². The van der Waals surface area contributed by atoms with E-state index in [1.54, 1.807) is 22.1 Å². The lowest BCUT2D eigenvalue weighted by atomic mass is 9.89. The second kappa shape index (κ2) is 3.09. The molecule has 0 saturated heterocycles. The minimum atomic E-state index is 1.18. The Morgan fingerprint density at radius 3 is 3.07 bits per heavy atom. The maximum atomic E-state index is 2.35. The molecule has 1 aromatic carbocycles. The van der Waals surface area contributed by atoms with E-state index in [9.17, 15) is 0 Å². The molecule has 0 N–H and O–H groups in total. The fourth-order valence-electron chi connectivity index (χ4n) is 2.57. The van der Waals surface area contributed by atoms with Crippen molar-refractivity contribution in [1.82, 2.24) is 0 Å². The fraction of sp³-hybridized carbons (Fsp3) is 0.385. The highest BCUT2D eigenvalue weighted by Crippen LogP contribution is 2.36. The van der Waals surface area contributed by atoms with Gasteiger partial charge in [0, 0.05) is 4.70 Å². The van der Waals surface area contributed by atoms with E-state index in [2.05, 4.69) is 24.4 Å². The minimum absolute atomic E-state index is 1.18. The third kappa shape index (κ3) is 1.05. The lowest BCUT2D eigenvalue weighted by molar-refractivity contribution is 0.801. The molecule has 0 saturated carbocycles. The summed E-state index contributed by atoms with van der Waals surface area (Å²) >= 11 is 1.91. The second-order valence-corrected chi connectivity index (χ2v) is 4.96. The average Bonchev–Trinajstić information content (AvgIpc) is 2.65. The van der Waals surface area contributed by atoms with Gasteiger partial charge in [0.25, 0.3) is 0 Å². The Balaban J connectivity index is 2.41. The number of thiophene rings is 1. The summed E-state index contributed by atoms with van der Waals surface area (Å²) in [6.45, 7) is 2.26. The molecule has 72 valence electrons. The standard InChI is InChI=1S/C13H14S/c1-2-9-6-7-12-13-10(8-14-12)4-3-5-11(9)13/h6-8H,2-5H2,1H3. The lowest BCUT2D eigenvalue weighted by Crippen LogP contribution is -2.01. The molecule has 14 heavy (non-hydrogen) atoms. The first-order valence-electron chi connectivity index (χ1n) is 5.41. The molecular formula is C13H14S. The van der Waals surface area contributed by atoms with Crippen LogP contribution in [0.3, 0.4) is 0 Å². The summed E-state index contributed by atoms with van der Waals surface area (Å²) < 4.78 is 1.49. The predicted molar refractivity (Wildman–Crippen MR) is 63.2 cm³/mol. The first-order valence-corrected chi connectivity index (χ1v) is 6.29. The molecule has 0 amide bonds. The number of hydrogen-bond donors (Lipinski definition) is 0. The molecule has 0 spiro atoms. The van der Waals surface area contributed by atoms with Crippen LogP contribution >= 0.6 is 11.3 Å². The summed E-state index contributed by atoms with van der Waals surface area (Å²) in [7, 11) is 0. The van der Waals surface area contributed by atoms with Gasteiger partial charge >= 0.3 is 0 Å². The Hall–Kier alpha value is -0.820. The first kappa shape index (κ1) is 8.49. The summed E-state index contributed by atoms with van der Waals surface area (Å²) in [5.74, 6) is 0. The van der Waals surface area contributed by atoms with Crippen LogP contribution < -0.4 is 0 Å². The van der Waals surface area contributed by atoms with Gasteiger partial charge in [-0.2, -0.15) is 0 Å². The number of aryl methyl sites for hydroxylation is 3. The lowest BCUT2D eigenvalue weighted by Gasteiger charge is -2.15. The van der Waals surface area contributed by atoms with E-state index in [0.29, 0.717) is 0 Å². The molecule has 0 radical (unpaired) electrons. The van der Waals surface area contributed by atoms with Crippen molar-refractivity contribution in [2.45, 2.75) is 32.6 Å². The van der Waals surface area contributed by atoms with Gasteiger partial charge in [-0.3, -0.25) is 0 Å². The van der Waals surface area contributed by atoms with Gasteiger partial charge in [0.1, 0.15) is 0 Å². The average molecular weight is 202 g/mol. The van der Waals surface area contributed by atoms with Crippen LogP contribution in [0.15, 0.2) is 17.5 Å². The smallest absolute Gasteiger partial charge is 0.0348 e. The Labute approximate surface area is 88.6 Å². The topological polar surface area (TPSA) is 0 Å². The molecule has 0 aliphatic heterocycles. The second-order valence-electron chi connectivity index (χ2n) is 4.04. The largest absolute Gasteiger partial charge is 0.144 e. The van der Waals surface area contributed by atoms with Crippen LogP contribution in [0.5, 0.6) is 0 Å². The van der Waals surface area contributed by atoms with Crippen LogP contribution in [0.2, 0.25) is 0 Å². The Kier molecular flexibility index (Phi) is 1.88. The molecule has 0 unspecified atom stereocenters. The zero-order valence-electron chi connectivity index (χ0n) is 8.47. The summed E-state index contributed by atoms with van der Waals surface area (Å²) in [6, 6.07) is 4.63. The van der Waals surface area contributed by atoms with Gasteiger partial charge < -0.3 is 0 Å². The predicted octanol–water partition coefficient (Wildman–Crippen LogP) is 3.95. The fourth-order valence-corrected chi connectivity index (χ4v) is 3.59. The van der Waals surface area contributed by atoms with Crippen LogP contribution in [0.1, 0.15) is 30.0 Å². The van der Waals surface area contributed by atoms with Gasteiger partial charge in [0.15, 0.2) is 0 Å². The molecule has 0 bridgehead atoms. The highest BCUT2D eigenvalue weighted by Gasteiger charge is 2.16. The summed E-state index contributed by atoms with van der Waals surface area (Å²) in [6.07, 6.45) is 5.11. The summed E-state index contributed by atoms with van der Waals surface area (Å²) in [4.78, 5) is 0. The van der Waals surface area contributed by atoms with Gasteiger partial charge in [-0.1, -0.05) is 13.0 Å². The highest BCUT2D eigenvalue weighted by molar-refractivity contribution is 7.17. The Morgan fingerprint density at radius 2 is 2.21 bits per heavy atom. The van der Waals surface area contributed by atoms with E-state index >= 15 is 0 Å². The van der Waals surface area contributed by atoms with Crippen molar-refractivity contribution in [2.75, 3.05) is 0 Å². The molecule has 0 atom stereocenters. The molecule has 1 aliphatic rings. The van der Waals surface area contributed by atoms with Crippen LogP contribution in [0, 0.1) is 0 Å². The van der Waals surface area contributed by atoms with Crippen LogP contribution in [0.4, 0.5) is 0 Å². The van der Waals surface area contributed by atoms with Crippen molar-refractivity contribution in [3.8, 4) is 0 Å². The zero-order valence-corrected chi connectivity index (χ0v) is 9.29. The maximum Gasteiger partial charge on any atom is 0.0348 e. The number of benzene rings is 1. The zero-order chi connectivity index (χ0) is 9.54. The molecule has 2 aromatic rings. The normalized spacial score (nSPS) is 14.9.